The molecule has 0 aliphatic carbocycles. The molecule has 3 aromatic rings. The van der Waals surface area contributed by atoms with E-state index in [2.05, 4.69) is 9.97 Å². The van der Waals surface area contributed by atoms with Crippen LogP contribution in [0.5, 0.6) is 5.75 Å². The normalized spacial score (nSPS) is 10.8. The first kappa shape index (κ1) is 9.96. The quantitative estimate of drug-likeness (QED) is 0.744. The van der Waals surface area contributed by atoms with Gasteiger partial charge in [0.1, 0.15) is 12.4 Å². The zero-order valence-corrected chi connectivity index (χ0v) is 9.34. The predicted octanol–water partition coefficient (Wildman–Crippen LogP) is 2.44. The molecule has 0 fully saturated rings. The molecular formula is C13H13N3O. The van der Waals surface area contributed by atoms with Crippen molar-refractivity contribution in [1.29, 1.82) is 0 Å². The van der Waals surface area contributed by atoms with Gasteiger partial charge in [0, 0.05) is 29.5 Å². The number of imidazole rings is 1. The molecule has 4 nitrogen and oxygen atoms in total. The van der Waals surface area contributed by atoms with Crippen molar-refractivity contribution in [2.24, 2.45) is 0 Å². The second-order valence-electron chi connectivity index (χ2n) is 3.88. The van der Waals surface area contributed by atoms with Gasteiger partial charge in [0.05, 0.1) is 12.9 Å². The van der Waals surface area contributed by atoms with Crippen molar-refractivity contribution in [2.45, 2.75) is 6.54 Å². The number of ether oxygens (including phenoxy) is 1. The molecule has 86 valence electrons. The summed E-state index contributed by atoms with van der Waals surface area (Å²) in [5.74, 6) is 0.900. The molecule has 3 rings (SSSR count). The molecule has 2 heterocycles. The van der Waals surface area contributed by atoms with E-state index in [1.807, 2.05) is 41.2 Å². The van der Waals surface area contributed by atoms with Gasteiger partial charge in [-0.2, -0.15) is 0 Å². The lowest BCUT2D eigenvalue weighted by Crippen LogP contribution is -2.06. The van der Waals surface area contributed by atoms with Crippen molar-refractivity contribution in [1.82, 2.24) is 14.5 Å². The van der Waals surface area contributed by atoms with Gasteiger partial charge >= 0.3 is 0 Å². The minimum Gasteiger partial charge on any atom is -0.492 e. The molecule has 1 aromatic carbocycles. The first-order valence-corrected chi connectivity index (χ1v) is 5.57. The fourth-order valence-electron chi connectivity index (χ4n) is 1.81. The largest absolute Gasteiger partial charge is 0.492 e. The van der Waals surface area contributed by atoms with Crippen LogP contribution in [0.25, 0.3) is 10.9 Å². The van der Waals surface area contributed by atoms with Crippen LogP contribution in [0.4, 0.5) is 0 Å². The van der Waals surface area contributed by atoms with Crippen LogP contribution in [0.3, 0.4) is 0 Å². The van der Waals surface area contributed by atoms with Crippen LogP contribution >= 0.6 is 0 Å². The zero-order chi connectivity index (χ0) is 11.5. The molecule has 0 bridgehead atoms. The van der Waals surface area contributed by atoms with Gasteiger partial charge in [-0.3, -0.25) is 0 Å². The van der Waals surface area contributed by atoms with E-state index in [4.69, 9.17) is 4.74 Å². The Morgan fingerprint density at radius 1 is 1.29 bits per heavy atom. The summed E-state index contributed by atoms with van der Waals surface area (Å²) in [5, 5.41) is 1.17. The Labute approximate surface area is 98.9 Å². The van der Waals surface area contributed by atoms with Crippen molar-refractivity contribution in [3.63, 3.8) is 0 Å². The minimum absolute atomic E-state index is 0.645. The van der Waals surface area contributed by atoms with Crippen LogP contribution in [-0.4, -0.2) is 21.1 Å². The number of aromatic amines is 1. The number of fused-ring (bicyclic) bond motifs is 1. The second-order valence-corrected chi connectivity index (χ2v) is 3.88. The summed E-state index contributed by atoms with van der Waals surface area (Å²) in [7, 11) is 0. The van der Waals surface area contributed by atoms with Crippen LogP contribution in [0.1, 0.15) is 0 Å². The Balaban J connectivity index is 1.64. The van der Waals surface area contributed by atoms with Gasteiger partial charge in [-0.05, 0) is 24.3 Å². The number of hydrogen-bond donors (Lipinski definition) is 1. The molecule has 1 N–H and O–H groups in total. The third kappa shape index (κ3) is 2.15. The monoisotopic (exact) mass is 227 g/mol. The van der Waals surface area contributed by atoms with Crippen molar-refractivity contribution < 1.29 is 4.74 Å². The molecule has 0 aliphatic heterocycles. The molecule has 0 atom stereocenters. The molecular weight excluding hydrogens is 214 g/mol. The maximum absolute atomic E-state index is 5.69. The molecule has 0 radical (unpaired) electrons. The molecule has 0 aliphatic rings. The third-order valence-corrected chi connectivity index (χ3v) is 2.70. The van der Waals surface area contributed by atoms with E-state index in [0.717, 1.165) is 17.8 Å². The van der Waals surface area contributed by atoms with Gasteiger partial charge in [-0.25, -0.2) is 4.98 Å². The average molecular weight is 227 g/mol. The van der Waals surface area contributed by atoms with Crippen LogP contribution in [0.2, 0.25) is 0 Å². The lowest BCUT2D eigenvalue weighted by Gasteiger charge is -2.06. The van der Waals surface area contributed by atoms with Crippen LogP contribution < -0.4 is 4.74 Å². The zero-order valence-electron chi connectivity index (χ0n) is 9.34. The highest BCUT2D eigenvalue weighted by atomic mass is 16.5. The maximum atomic E-state index is 5.69. The first-order valence-electron chi connectivity index (χ1n) is 5.57. The fraction of sp³-hybridized carbons (Fsp3) is 0.154. The molecule has 0 amide bonds. The van der Waals surface area contributed by atoms with Crippen LogP contribution in [0, 0.1) is 0 Å². The lowest BCUT2D eigenvalue weighted by molar-refractivity contribution is 0.298. The Morgan fingerprint density at radius 2 is 2.29 bits per heavy atom. The number of nitrogens with zero attached hydrogens (tertiary/aromatic N) is 2. The lowest BCUT2D eigenvalue weighted by atomic mass is 10.2. The third-order valence-electron chi connectivity index (χ3n) is 2.70. The highest BCUT2D eigenvalue weighted by molar-refractivity contribution is 5.80. The average Bonchev–Trinajstić information content (AvgIpc) is 2.98. The molecule has 0 saturated carbocycles. The van der Waals surface area contributed by atoms with Crippen LogP contribution in [0.15, 0.2) is 49.2 Å². The highest BCUT2D eigenvalue weighted by Crippen LogP contribution is 2.19. The Bertz CT molecular complexity index is 598. The summed E-state index contributed by atoms with van der Waals surface area (Å²) in [4.78, 5) is 7.14. The molecule has 0 unspecified atom stereocenters. The second kappa shape index (κ2) is 4.33. The number of rotatable bonds is 4. The molecule has 0 saturated heterocycles. The summed E-state index contributed by atoms with van der Waals surface area (Å²) in [6.45, 7) is 1.46. The Kier molecular flexibility index (Phi) is 2.54. The smallest absolute Gasteiger partial charge is 0.120 e. The van der Waals surface area contributed by atoms with E-state index in [9.17, 15) is 0 Å². The standard InChI is InChI=1S/C13H13N3O/c1-2-13-11(3-4-15-13)9-12(1)17-8-7-16-6-5-14-10-16/h1-6,9-10,15H,7-8H2. The summed E-state index contributed by atoms with van der Waals surface area (Å²) in [6, 6.07) is 8.09. The SMILES string of the molecule is c1cn(CCOc2ccc3[nH]ccc3c2)cn1. The van der Waals surface area contributed by atoms with Crippen molar-refractivity contribution in [3.8, 4) is 5.75 Å². The molecule has 2 aromatic heterocycles. The van der Waals surface area contributed by atoms with E-state index in [-0.39, 0.29) is 0 Å². The van der Waals surface area contributed by atoms with Gasteiger partial charge < -0.3 is 14.3 Å². The first-order chi connectivity index (χ1) is 8.42. The van der Waals surface area contributed by atoms with E-state index >= 15 is 0 Å². The topological polar surface area (TPSA) is 42.8 Å². The Morgan fingerprint density at radius 3 is 3.18 bits per heavy atom. The van der Waals surface area contributed by atoms with Gasteiger partial charge in [-0.1, -0.05) is 0 Å². The van der Waals surface area contributed by atoms with E-state index in [0.29, 0.717) is 6.61 Å². The van der Waals surface area contributed by atoms with Gasteiger partial charge in [0.25, 0.3) is 0 Å². The van der Waals surface area contributed by atoms with Crippen LogP contribution in [-0.2, 0) is 6.54 Å². The fourth-order valence-corrected chi connectivity index (χ4v) is 1.81. The summed E-state index contributed by atoms with van der Waals surface area (Å²) in [6.07, 6.45) is 7.42. The number of benzene rings is 1. The van der Waals surface area contributed by atoms with Crippen molar-refractivity contribution in [2.75, 3.05) is 6.61 Å². The number of nitrogens with one attached hydrogen (secondary N) is 1. The van der Waals surface area contributed by atoms with E-state index in [1.54, 1.807) is 12.5 Å². The van der Waals surface area contributed by atoms with Gasteiger partial charge in [0.15, 0.2) is 0 Å². The summed E-state index contributed by atoms with van der Waals surface area (Å²) >= 11 is 0. The minimum atomic E-state index is 0.645. The number of aromatic nitrogens is 3. The molecule has 4 heteroatoms. The summed E-state index contributed by atoms with van der Waals surface area (Å²) < 4.78 is 7.69. The number of H-pyrrole nitrogens is 1. The van der Waals surface area contributed by atoms with Gasteiger partial charge in [-0.15, -0.1) is 0 Å². The molecule has 17 heavy (non-hydrogen) atoms. The van der Waals surface area contributed by atoms with Gasteiger partial charge in [0.2, 0.25) is 0 Å². The van der Waals surface area contributed by atoms with Crippen molar-refractivity contribution >= 4 is 10.9 Å². The van der Waals surface area contributed by atoms with E-state index in [1.165, 1.54) is 5.39 Å². The number of hydrogen-bond acceptors (Lipinski definition) is 2. The predicted molar refractivity (Wildman–Crippen MR) is 66.0 cm³/mol. The van der Waals surface area contributed by atoms with E-state index < -0.39 is 0 Å². The maximum Gasteiger partial charge on any atom is 0.120 e. The van der Waals surface area contributed by atoms with Crippen molar-refractivity contribution in [3.05, 3.63) is 49.2 Å². The summed E-state index contributed by atoms with van der Waals surface area (Å²) in [5.41, 5.74) is 1.13. The Hall–Kier alpha value is -2.23. The highest BCUT2D eigenvalue weighted by Gasteiger charge is 1.98. The molecule has 0 spiro atoms.